The topological polar surface area (TPSA) is 37.8 Å². The van der Waals surface area contributed by atoms with Gasteiger partial charge in [-0.2, -0.15) is 0 Å². The van der Waals surface area contributed by atoms with E-state index in [2.05, 4.69) is 31.2 Å². The lowest BCUT2D eigenvalue weighted by molar-refractivity contribution is 0.827. The molecule has 0 aliphatic heterocycles. The van der Waals surface area contributed by atoms with Crippen molar-refractivity contribution in [3.8, 4) is 0 Å². The van der Waals surface area contributed by atoms with Crippen molar-refractivity contribution in [2.24, 2.45) is 0 Å². The van der Waals surface area contributed by atoms with Gasteiger partial charge in [0.2, 0.25) is 0 Å². The van der Waals surface area contributed by atoms with Gasteiger partial charge < -0.3 is 5.32 Å². The molecule has 0 aliphatic rings. The third-order valence-corrected chi connectivity index (χ3v) is 4.20. The molecule has 2 aromatic rings. The molecule has 0 amide bonds. The van der Waals surface area contributed by atoms with E-state index in [1.807, 2.05) is 19.1 Å². The first-order valence-corrected chi connectivity index (χ1v) is 6.80. The second kappa shape index (κ2) is 5.87. The molecule has 0 spiro atoms. The Kier molecular flexibility index (Phi) is 4.43. The third kappa shape index (κ3) is 2.94. The lowest BCUT2D eigenvalue weighted by Gasteiger charge is -2.16. The molecule has 0 saturated carbocycles. The molecule has 1 unspecified atom stereocenters. The van der Waals surface area contributed by atoms with E-state index in [9.17, 15) is 0 Å². The van der Waals surface area contributed by atoms with E-state index >= 15 is 0 Å². The zero-order chi connectivity index (χ0) is 13.1. The van der Waals surface area contributed by atoms with Crippen molar-refractivity contribution in [1.82, 2.24) is 9.97 Å². The Labute approximate surface area is 124 Å². The highest BCUT2D eigenvalue weighted by Gasteiger charge is 2.12. The summed E-state index contributed by atoms with van der Waals surface area (Å²) in [5, 5.41) is 4.24. The Bertz CT molecular complexity index is 549. The van der Waals surface area contributed by atoms with Crippen molar-refractivity contribution in [3.05, 3.63) is 50.9 Å². The van der Waals surface area contributed by atoms with Crippen LogP contribution in [0.3, 0.4) is 0 Å². The fraction of sp³-hybridized carbons (Fsp3) is 0.167. The summed E-state index contributed by atoms with van der Waals surface area (Å²) in [6, 6.07) is 3.71. The maximum atomic E-state index is 6.17. The van der Waals surface area contributed by atoms with E-state index in [1.54, 1.807) is 18.6 Å². The lowest BCUT2D eigenvalue weighted by Crippen LogP contribution is -2.09. The Balaban J connectivity index is 2.22. The molecule has 0 aliphatic carbocycles. The van der Waals surface area contributed by atoms with Gasteiger partial charge in [-0.1, -0.05) is 23.2 Å². The Morgan fingerprint density at radius 2 is 2.00 bits per heavy atom. The van der Waals surface area contributed by atoms with Crippen LogP contribution >= 0.6 is 39.1 Å². The van der Waals surface area contributed by atoms with Crippen LogP contribution in [0.25, 0.3) is 0 Å². The number of benzene rings is 1. The van der Waals surface area contributed by atoms with Crippen molar-refractivity contribution in [2.45, 2.75) is 13.0 Å². The molecular weight excluding hydrogens is 337 g/mol. The van der Waals surface area contributed by atoms with Gasteiger partial charge in [0.05, 0.1) is 33.7 Å². The van der Waals surface area contributed by atoms with Gasteiger partial charge >= 0.3 is 0 Å². The molecule has 6 heteroatoms. The van der Waals surface area contributed by atoms with Crippen molar-refractivity contribution in [1.29, 1.82) is 0 Å². The maximum absolute atomic E-state index is 6.17. The molecule has 0 fully saturated rings. The lowest BCUT2D eigenvalue weighted by atomic mass is 10.2. The quantitative estimate of drug-likeness (QED) is 0.817. The molecule has 1 aromatic heterocycles. The average Bonchev–Trinajstić information content (AvgIpc) is 2.40. The van der Waals surface area contributed by atoms with Gasteiger partial charge in [0, 0.05) is 16.9 Å². The Morgan fingerprint density at radius 3 is 2.67 bits per heavy atom. The number of aromatic nitrogens is 2. The van der Waals surface area contributed by atoms with Crippen LogP contribution < -0.4 is 5.32 Å². The number of halogens is 3. The van der Waals surface area contributed by atoms with Gasteiger partial charge in [0.1, 0.15) is 0 Å². The number of rotatable bonds is 3. The number of nitrogens with zero attached hydrogens (tertiary/aromatic N) is 2. The molecule has 1 atom stereocenters. The van der Waals surface area contributed by atoms with Gasteiger partial charge in [-0.15, -0.1) is 0 Å². The first kappa shape index (κ1) is 13.6. The van der Waals surface area contributed by atoms with Gasteiger partial charge in [0.25, 0.3) is 0 Å². The summed E-state index contributed by atoms with van der Waals surface area (Å²) in [5.41, 5.74) is 1.61. The zero-order valence-electron chi connectivity index (χ0n) is 9.49. The molecule has 1 N–H and O–H groups in total. The van der Waals surface area contributed by atoms with Crippen LogP contribution in [-0.4, -0.2) is 9.97 Å². The standard InChI is InChI=1S/C12H10BrCl2N3/c1-7(10-6-16-4-5-17-10)18-9-3-2-8(13)11(14)12(9)15/h2-7,18H,1H3. The SMILES string of the molecule is CC(Nc1ccc(Br)c(Cl)c1Cl)c1cnccn1. The maximum Gasteiger partial charge on any atom is 0.0835 e. The fourth-order valence-electron chi connectivity index (χ4n) is 1.48. The summed E-state index contributed by atoms with van der Waals surface area (Å²) >= 11 is 15.6. The van der Waals surface area contributed by atoms with E-state index < -0.39 is 0 Å². The summed E-state index contributed by atoms with van der Waals surface area (Å²) in [7, 11) is 0. The zero-order valence-corrected chi connectivity index (χ0v) is 12.6. The summed E-state index contributed by atoms with van der Waals surface area (Å²) in [4.78, 5) is 8.27. The predicted molar refractivity (Wildman–Crippen MR) is 78.2 cm³/mol. The summed E-state index contributed by atoms with van der Waals surface area (Å²) < 4.78 is 0.770. The van der Waals surface area contributed by atoms with Crippen LogP contribution in [0.5, 0.6) is 0 Å². The van der Waals surface area contributed by atoms with E-state index in [0.29, 0.717) is 10.0 Å². The van der Waals surface area contributed by atoms with Gasteiger partial charge in [0.15, 0.2) is 0 Å². The predicted octanol–water partition coefficient (Wildman–Crippen LogP) is 4.72. The van der Waals surface area contributed by atoms with Crippen LogP contribution in [0.2, 0.25) is 10.0 Å². The molecular formula is C12H10BrCl2N3. The molecule has 0 bridgehead atoms. The van der Waals surface area contributed by atoms with E-state index in [1.165, 1.54) is 0 Å². The van der Waals surface area contributed by atoms with E-state index in [4.69, 9.17) is 23.2 Å². The van der Waals surface area contributed by atoms with Gasteiger partial charge in [-0.05, 0) is 35.0 Å². The van der Waals surface area contributed by atoms with Crippen molar-refractivity contribution < 1.29 is 0 Å². The molecule has 1 aromatic carbocycles. The molecule has 0 saturated heterocycles. The van der Waals surface area contributed by atoms with E-state index in [0.717, 1.165) is 15.9 Å². The molecule has 3 nitrogen and oxygen atoms in total. The van der Waals surface area contributed by atoms with Crippen LogP contribution in [0.1, 0.15) is 18.7 Å². The van der Waals surface area contributed by atoms with Crippen molar-refractivity contribution >= 4 is 44.8 Å². The van der Waals surface area contributed by atoms with Crippen LogP contribution in [0.4, 0.5) is 5.69 Å². The van der Waals surface area contributed by atoms with E-state index in [-0.39, 0.29) is 6.04 Å². The fourth-order valence-corrected chi connectivity index (χ4v) is 2.31. The number of anilines is 1. The molecule has 94 valence electrons. The smallest absolute Gasteiger partial charge is 0.0835 e. The van der Waals surface area contributed by atoms with Crippen LogP contribution in [-0.2, 0) is 0 Å². The van der Waals surface area contributed by atoms with Crippen LogP contribution in [0.15, 0.2) is 35.2 Å². The number of hydrogen-bond acceptors (Lipinski definition) is 3. The second-order valence-corrected chi connectivity index (χ2v) is 5.33. The van der Waals surface area contributed by atoms with Gasteiger partial charge in [-0.3, -0.25) is 9.97 Å². The van der Waals surface area contributed by atoms with Crippen LogP contribution in [0, 0.1) is 0 Å². The minimum atomic E-state index is -0.00607. The highest BCUT2D eigenvalue weighted by atomic mass is 79.9. The third-order valence-electron chi connectivity index (χ3n) is 2.43. The molecule has 2 rings (SSSR count). The highest BCUT2D eigenvalue weighted by Crippen LogP contribution is 2.36. The second-order valence-electron chi connectivity index (χ2n) is 3.72. The monoisotopic (exact) mass is 345 g/mol. The first-order chi connectivity index (χ1) is 8.59. The molecule has 0 radical (unpaired) electrons. The summed E-state index contributed by atoms with van der Waals surface area (Å²) in [6.07, 6.45) is 5.01. The number of nitrogens with one attached hydrogen (secondary N) is 1. The largest absolute Gasteiger partial charge is 0.376 e. The minimum absolute atomic E-state index is 0.00607. The van der Waals surface area contributed by atoms with Crippen molar-refractivity contribution in [2.75, 3.05) is 5.32 Å². The molecule has 1 heterocycles. The normalized spacial score (nSPS) is 12.2. The summed E-state index contributed by atoms with van der Waals surface area (Å²) in [5.74, 6) is 0. The average molecular weight is 347 g/mol. The van der Waals surface area contributed by atoms with Crippen molar-refractivity contribution in [3.63, 3.8) is 0 Å². The van der Waals surface area contributed by atoms with Gasteiger partial charge in [-0.25, -0.2) is 0 Å². The Hall–Kier alpha value is -0.840. The Morgan fingerprint density at radius 1 is 1.22 bits per heavy atom. The highest BCUT2D eigenvalue weighted by molar-refractivity contribution is 9.10. The minimum Gasteiger partial charge on any atom is -0.376 e. The molecule has 18 heavy (non-hydrogen) atoms. The first-order valence-electron chi connectivity index (χ1n) is 5.25. The number of hydrogen-bond donors (Lipinski definition) is 1. The summed E-state index contributed by atoms with van der Waals surface area (Å²) in [6.45, 7) is 1.98.